The second-order valence-corrected chi connectivity index (χ2v) is 8.03. The zero-order valence-corrected chi connectivity index (χ0v) is 18.4. The van der Waals surface area contributed by atoms with Crippen molar-refractivity contribution in [3.63, 3.8) is 0 Å². The number of anilines is 1. The summed E-state index contributed by atoms with van der Waals surface area (Å²) in [5, 5.41) is 5.69. The number of hydrogen-bond acceptors (Lipinski definition) is 5. The van der Waals surface area contributed by atoms with E-state index in [9.17, 15) is 4.79 Å². The third-order valence-corrected chi connectivity index (χ3v) is 5.65. The summed E-state index contributed by atoms with van der Waals surface area (Å²) in [5.41, 5.74) is 3.09. The molecule has 0 unspecified atom stereocenters. The van der Waals surface area contributed by atoms with Gasteiger partial charge in [-0.05, 0) is 45.6 Å². The molecule has 0 N–H and O–H groups in total. The van der Waals surface area contributed by atoms with Gasteiger partial charge in [0.25, 0.3) is 5.91 Å². The normalized spacial score (nSPS) is 11.1. The van der Waals surface area contributed by atoms with Crippen molar-refractivity contribution in [2.45, 2.75) is 13.8 Å². The Bertz CT molecular complexity index is 966. The minimum atomic E-state index is -0.132. The number of nitrogens with zero attached hydrogens (tertiary/aromatic N) is 5. The van der Waals surface area contributed by atoms with E-state index in [1.54, 1.807) is 9.58 Å². The maximum atomic E-state index is 13.2. The van der Waals surface area contributed by atoms with Crippen LogP contribution in [0.15, 0.2) is 18.3 Å². The van der Waals surface area contributed by atoms with Gasteiger partial charge < -0.3 is 4.90 Å². The Labute approximate surface area is 174 Å². The van der Waals surface area contributed by atoms with Gasteiger partial charge in [0.2, 0.25) is 0 Å². The molecule has 1 amide bonds. The summed E-state index contributed by atoms with van der Waals surface area (Å²) in [6.45, 7) is 5.11. The van der Waals surface area contributed by atoms with E-state index in [1.807, 2.05) is 58.2 Å². The number of halogens is 2. The Morgan fingerprint density at radius 3 is 2.56 bits per heavy atom. The summed E-state index contributed by atoms with van der Waals surface area (Å²) in [6, 6.07) is 3.82. The predicted molar refractivity (Wildman–Crippen MR) is 115 cm³/mol. The first-order valence-electron chi connectivity index (χ1n) is 8.30. The third kappa shape index (κ3) is 4.43. The van der Waals surface area contributed by atoms with Crippen LogP contribution >= 0.6 is 35.3 Å². The molecule has 0 radical (unpaired) electrons. The minimum absolute atomic E-state index is 0. The van der Waals surface area contributed by atoms with E-state index in [-0.39, 0.29) is 18.3 Å². The zero-order chi connectivity index (χ0) is 19.0. The standard InChI is InChI=1S/C18H22ClN5OS.ClH/c1-11-10-23(5)21-15(11)17(25)24(9-8-22(3)4)18-20-16-12(2)13(19)6-7-14(16)26-18;/h6-7,10H,8-9H2,1-5H3;1H. The fourth-order valence-electron chi connectivity index (χ4n) is 2.73. The van der Waals surface area contributed by atoms with Crippen molar-refractivity contribution in [1.29, 1.82) is 0 Å². The summed E-state index contributed by atoms with van der Waals surface area (Å²) >= 11 is 7.72. The molecular formula is C18H23Cl2N5OS. The predicted octanol–water partition coefficient (Wildman–Crippen LogP) is 3.93. The molecule has 3 aromatic rings. The second kappa shape index (κ2) is 8.56. The Morgan fingerprint density at radius 2 is 1.96 bits per heavy atom. The van der Waals surface area contributed by atoms with E-state index in [4.69, 9.17) is 16.6 Å². The van der Waals surface area contributed by atoms with Crippen LogP contribution in [0.3, 0.4) is 0 Å². The average Bonchev–Trinajstić information content (AvgIpc) is 3.14. The lowest BCUT2D eigenvalue weighted by Crippen LogP contribution is -2.37. The summed E-state index contributed by atoms with van der Waals surface area (Å²) < 4.78 is 2.68. The number of hydrogen-bond donors (Lipinski definition) is 0. The highest BCUT2D eigenvalue weighted by Crippen LogP contribution is 2.34. The second-order valence-electron chi connectivity index (χ2n) is 6.61. The molecular weight excluding hydrogens is 405 g/mol. The van der Waals surface area contributed by atoms with Crippen molar-refractivity contribution in [2.75, 3.05) is 32.1 Å². The van der Waals surface area contributed by atoms with Gasteiger partial charge in [-0.2, -0.15) is 5.10 Å². The number of aromatic nitrogens is 3. The first kappa shape index (κ1) is 21.6. The van der Waals surface area contributed by atoms with E-state index in [2.05, 4.69) is 5.10 Å². The van der Waals surface area contributed by atoms with Gasteiger partial charge in [0.15, 0.2) is 10.8 Å². The first-order chi connectivity index (χ1) is 12.3. The molecule has 2 heterocycles. The van der Waals surface area contributed by atoms with Crippen molar-refractivity contribution < 1.29 is 4.79 Å². The maximum absolute atomic E-state index is 13.2. The van der Waals surface area contributed by atoms with Crippen molar-refractivity contribution in [2.24, 2.45) is 7.05 Å². The van der Waals surface area contributed by atoms with Crippen LogP contribution in [0.1, 0.15) is 21.6 Å². The monoisotopic (exact) mass is 427 g/mol. The van der Waals surface area contributed by atoms with Gasteiger partial charge >= 0.3 is 0 Å². The number of carbonyl (C=O) groups excluding carboxylic acids is 1. The fourth-order valence-corrected chi connectivity index (χ4v) is 3.94. The van der Waals surface area contributed by atoms with Crippen LogP contribution in [0.2, 0.25) is 5.02 Å². The molecule has 0 bridgehead atoms. The number of benzene rings is 1. The van der Waals surface area contributed by atoms with Gasteiger partial charge in [0.1, 0.15) is 0 Å². The van der Waals surface area contributed by atoms with Gasteiger partial charge in [-0.3, -0.25) is 14.4 Å². The van der Waals surface area contributed by atoms with Gasteiger partial charge in [0, 0.05) is 36.9 Å². The molecule has 0 aliphatic carbocycles. The lowest BCUT2D eigenvalue weighted by Gasteiger charge is -2.21. The first-order valence-corrected chi connectivity index (χ1v) is 9.50. The van der Waals surface area contributed by atoms with Crippen LogP contribution in [-0.2, 0) is 7.05 Å². The highest BCUT2D eigenvalue weighted by molar-refractivity contribution is 7.22. The molecule has 27 heavy (non-hydrogen) atoms. The average molecular weight is 428 g/mol. The quantitative estimate of drug-likeness (QED) is 0.618. The van der Waals surface area contributed by atoms with Crippen molar-refractivity contribution in [3.8, 4) is 0 Å². The molecule has 0 saturated carbocycles. The number of likely N-dealkylation sites (N-methyl/N-ethyl adjacent to an activating group) is 1. The SMILES string of the molecule is Cc1cn(C)nc1C(=O)N(CCN(C)C)c1nc2c(C)c(Cl)ccc2s1.Cl. The van der Waals surface area contributed by atoms with Gasteiger partial charge in [-0.15, -0.1) is 12.4 Å². The largest absolute Gasteiger partial charge is 0.308 e. The molecule has 2 aromatic heterocycles. The molecule has 1 aromatic carbocycles. The Hall–Kier alpha value is -1.67. The smallest absolute Gasteiger partial charge is 0.280 e. The molecule has 146 valence electrons. The van der Waals surface area contributed by atoms with Crippen LogP contribution in [-0.4, -0.2) is 52.8 Å². The number of amides is 1. The third-order valence-electron chi connectivity index (χ3n) is 4.20. The van der Waals surface area contributed by atoms with E-state index < -0.39 is 0 Å². The molecule has 3 rings (SSSR count). The highest BCUT2D eigenvalue weighted by atomic mass is 35.5. The van der Waals surface area contributed by atoms with E-state index in [0.717, 1.165) is 27.9 Å². The fraction of sp³-hybridized carbons (Fsp3) is 0.389. The molecule has 0 aliphatic heterocycles. The van der Waals surface area contributed by atoms with Gasteiger partial charge in [-0.25, -0.2) is 4.98 Å². The van der Waals surface area contributed by atoms with Crippen molar-refractivity contribution >= 4 is 56.6 Å². The minimum Gasteiger partial charge on any atom is -0.308 e. The number of rotatable bonds is 5. The van der Waals surface area contributed by atoms with Gasteiger partial charge in [0.05, 0.1) is 10.2 Å². The lowest BCUT2D eigenvalue weighted by atomic mass is 10.2. The van der Waals surface area contributed by atoms with Crippen LogP contribution in [0.4, 0.5) is 5.13 Å². The molecule has 0 spiro atoms. The number of carbonyl (C=O) groups is 1. The van der Waals surface area contributed by atoms with E-state index in [1.165, 1.54) is 11.3 Å². The zero-order valence-electron chi connectivity index (χ0n) is 16.0. The van der Waals surface area contributed by atoms with Gasteiger partial charge in [-0.1, -0.05) is 22.9 Å². The van der Waals surface area contributed by atoms with Crippen molar-refractivity contribution in [1.82, 2.24) is 19.7 Å². The Balaban J connectivity index is 0.00000261. The maximum Gasteiger partial charge on any atom is 0.280 e. The summed E-state index contributed by atoms with van der Waals surface area (Å²) in [6.07, 6.45) is 1.85. The number of fused-ring (bicyclic) bond motifs is 1. The van der Waals surface area contributed by atoms with Crippen LogP contribution in [0.5, 0.6) is 0 Å². The van der Waals surface area contributed by atoms with Crippen molar-refractivity contribution in [3.05, 3.63) is 40.2 Å². The molecule has 0 aliphatic rings. The summed E-state index contributed by atoms with van der Waals surface area (Å²) in [4.78, 5) is 21.7. The number of aryl methyl sites for hydroxylation is 3. The van der Waals surface area contributed by atoms with E-state index in [0.29, 0.717) is 22.4 Å². The number of thiazole rings is 1. The summed E-state index contributed by atoms with van der Waals surface area (Å²) in [5.74, 6) is -0.132. The molecule has 0 fully saturated rings. The Morgan fingerprint density at radius 1 is 1.26 bits per heavy atom. The molecule has 0 atom stereocenters. The summed E-state index contributed by atoms with van der Waals surface area (Å²) in [7, 11) is 5.78. The Kier molecular flexibility index (Phi) is 6.86. The topological polar surface area (TPSA) is 54.3 Å². The van der Waals surface area contributed by atoms with E-state index >= 15 is 0 Å². The lowest BCUT2D eigenvalue weighted by molar-refractivity contribution is 0.0979. The van der Waals surface area contributed by atoms with Crippen LogP contribution < -0.4 is 4.90 Å². The van der Waals surface area contributed by atoms with Crippen LogP contribution in [0.25, 0.3) is 10.2 Å². The molecule has 0 saturated heterocycles. The highest BCUT2D eigenvalue weighted by Gasteiger charge is 2.25. The molecule has 6 nitrogen and oxygen atoms in total. The molecule has 9 heteroatoms. The van der Waals surface area contributed by atoms with Crippen LogP contribution in [0, 0.1) is 13.8 Å².